The molecule has 19 heavy (non-hydrogen) atoms. The van der Waals surface area contributed by atoms with E-state index in [0.717, 1.165) is 17.2 Å². The monoisotopic (exact) mass is 284 g/mol. The van der Waals surface area contributed by atoms with Crippen molar-refractivity contribution < 1.29 is 0 Å². The van der Waals surface area contributed by atoms with Gasteiger partial charge in [0.15, 0.2) is 0 Å². The Kier molecular flexibility index (Phi) is 7.03. The molecule has 0 aromatic heterocycles. The number of rotatable bonds is 7. The zero-order valence-corrected chi connectivity index (χ0v) is 13.7. The molecular formula is C16H32N2S. The Balaban J connectivity index is 1.69. The summed E-state index contributed by atoms with van der Waals surface area (Å²) in [6.07, 6.45) is 8.56. The molecule has 1 heterocycles. The van der Waals surface area contributed by atoms with E-state index in [0.29, 0.717) is 0 Å². The van der Waals surface area contributed by atoms with E-state index >= 15 is 0 Å². The fourth-order valence-electron chi connectivity index (χ4n) is 3.46. The van der Waals surface area contributed by atoms with E-state index in [1.165, 1.54) is 70.5 Å². The van der Waals surface area contributed by atoms with Crippen LogP contribution in [-0.4, -0.2) is 48.1 Å². The molecule has 112 valence electrons. The van der Waals surface area contributed by atoms with Crippen molar-refractivity contribution in [3.05, 3.63) is 0 Å². The number of hydrogen-bond donors (Lipinski definition) is 1. The van der Waals surface area contributed by atoms with Gasteiger partial charge in [-0.25, -0.2) is 0 Å². The molecule has 2 fully saturated rings. The molecule has 1 N–H and O–H groups in total. The molecule has 1 aliphatic heterocycles. The number of piperidine rings is 1. The molecule has 1 saturated carbocycles. The van der Waals surface area contributed by atoms with Crippen molar-refractivity contribution in [2.75, 3.05) is 31.9 Å². The van der Waals surface area contributed by atoms with E-state index in [1.54, 1.807) is 0 Å². The summed E-state index contributed by atoms with van der Waals surface area (Å²) in [5, 5.41) is 4.38. The van der Waals surface area contributed by atoms with Crippen molar-refractivity contribution in [2.24, 2.45) is 5.92 Å². The summed E-state index contributed by atoms with van der Waals surface area (Å²) in [5.41, 5.74) is 0. The number of hydrogen-bond acceptors (Lipinski definition) is 3. The molecule has 2 nitrogen and oxygen atoms in total. The summed E-state index contributed by atoms with van der Waals surface area (Å²) >= 11 is 2.23. The van der Waals surface area contributed by atoms with Crippen LogP contribution in [0.15, 0.2) is 0 Å². The maximum absolute atomic E-state index is 3.46. The van der Waals surface area contributed by atoms with E-state index < -0.39 is 0 Å². The minimum Gasteiger partial charge on any atom is -0.317 e. The summed E-state index contributed by atoms with van der Waals surface area (Å²) < 4.78 is 0. The maximum atomic E-state index is 3.46. The first-order valence-corrected chi connectivity index (χ1v) is 9.37. The van der Waals surface area contributed by atoms with Gasteiger partial charge in [-0.1, -0.05) is 26.7 Å². The molecule has 1 saturated heterocycles. The smallest absolute Gasteiger partial charge is 0.00957 e. The van der Waals surface area contributed by atoms with Crippen molar-refractivity contribution in [1.29, 1.82) is 0 Å². The highest BCUT2D eigenvalue weighted by molar-refractivity contribution is 7.99. The molecule has 1 aliphatic carbocycles. The lowest BCUT2D eigenvalue weighted by molar-refractivity contribution is 0.188. The zero-order chi connectivity index (χ0) is 13.5. The lowest BCUT2D eigenvalue weighted by Gasteiger charge is -2.31. The van der Waals surface area contributed by atoms with Crippen molar-refractivity contribution in [1.82, 2.24) is 10.2 Å². The average molecular weight is 285 g/mol. The van der Waals surface area contributed by atoms with Crippen LogP contribution in [0.5, 0.6) is 0 Å². The van der Waals surface area contributed by atoms with Gasteiger partial charge in [0.2, 0.25) is 0 Å². The second kappa shape index (κ2) is 8.53. The molecule has 0 spiro atoms. The predicted octanol–water partition coefficient (Wildman–Crippen LogP) is 3.37. The first-order chi connectivity index (χ1) is 9.25. The number of nitrogens with one attached hydrogen (secondary N) is 1. The maximum Gasteiger partial charge on any atom is 0.00957 e. The van der Waals surface area contributed by atoms with Gasteiger partial charge in [-0.3, -0.25) is 4.90 Å². The van der Waals surface area contributed by atoms with Crippen molar-refractivity contribution in [3.8, 4) is 0 Å². The van der Waals surface area contributed by atoms with Crippen LogP contribution in [0.25, 0.3) is 0 Å². The highest BCUT2D eigenvalue weighted by atomic mass is 32.2. The zero-order valence-electron chi connectivity index (χ0n) is 12.9. The molecule has 2 rings (SSSR count). The molecule has 0 atom stereocenters. The summed E-state index contributed by atoms with van der Waals surface area (Å²) in [6, 6.07) is 0.899. The van der Waals surface area contributed by atoms with E-state index in [-0.39, 0.29) is 0 Å². The van der Waals surface area contributed by atoms with Gasteiger partial charge in [0, 0.05) is 30.1 Å². The molecule has 2 aliphatic rings. The Bertz CT molecular complexity index is 233. The fraction of sp³-hybridized carbons (Fsp3) is 1.00. The van der Waals surface area contributed by atoms with E-state index in [9.17, 15) is 0 Å². The molecule has 0 bridgehead atoms. The minimum atomic E-state index is 0.810. The predicted molar refractivity (Wildman–Crippen MR) is 87.0 cm³/mol. The van der Waals surface area contributed by atoms with Gasteiger partial charge in [-0.15, -0.1) is 0 Å². The van der Waals surface area contributed by atoms with Gasteiger partial charge in [0.05, 0.1) is 0 Å². The Morgan fingerprint density at radius 1 is 1.11 bits per heavy atom. The molecule has 0 aromatic carbocycles. The largest absolute Gasteiger partial charge is 0.317 e. The van der Waals surface area contributed by atoms with Crippen LogP contribution in [0.4, 0.5) is 0 Å². The third kappa shape index (κ3) is 5.65. The minimum absolute atomic E-state index is 0.810. The fourth-order valence-corrected chi connectivity index (χ4v) is 4.70. The highest BCUT2D eigenvalue weighted by Gasteiger charge is 2.23. The average Bonchev–Trinajstić information content (AvgIpc) is 2.92. The van der Waals surface area contributed by atoms with Crippen LogP contribution in [0.2, 0.25) is 0 Å². The second-order valence-electron chi connectivity index (χ2n) is 6.65. The Morgan fingerprint density at radius 3 is 2.42 bits per heavy atom. The van der Waals surface area contributed by atoms with Gasteiger partial charge < -0.3 is 5.32 Å². The van der Waals surface area contributed by atoms with E-state index in [1.807, 2.05) is 0 Å². The van der Waals surface area contributed by atoms with Crippen LogP contribution in [-0.2, 0) is 0 Å². The standard InChI is InChI=1S/C16H32N2S/c1-14(2)13-18(15-5-3-4-6-15)11-12-19-16-7-9-17-10-8-16/h14-17H,3-13H2,1-2H3. The lowest BCUT2D eigenvalue weighted by atomic mass is 10.1. The molecule has 3 heteroatoms. The lowest BCUT2D eigenvalue weighted by Crippen LogP contribution is -2.38. The first kappa shape index (κ1) is 15.7. The summed E-state index contributed by atoms with van der Waals surface area (Å²) in [6.45, 7) is 9.81. The molecule has 0 radical (unpaired) electrons. The van der Waals surface area contributed by atoms with Gasteiger partial charge in [0.1, 0.15) is 0 Å². The number of thioether (sulfide) groups is 1. The van der Waals surface area contributed by atoms with Crippen molar-refractivity contribution in [3.63, 3.8) is 0 Å². The molecule has 0 aromatic rings. The van der Waals surface area contributed by atoms with Crippen LogP contribution in [0, 0.1) is 5.92 Å². The van der Waals surface area contributed by atoms with Gasteiger partial charge in [-0.05, 0) is 44.7 Å². The SMILES string of the molecule is CC(C)CN(CCSC1CCNCC1)C1CCCC1. The Labute approximate surface area is 124 Å². The second-order valence-corrected chi connectivity index (χ2v) is 8.06. The third-order valence-electron chi connectivity index (χ3n) is 4.46. The molecular weight excluding hydrogens is 252 g/mol. The van der Waals surface area contributed by atoms with Crippen LogP contribution < -0.4 is 5.32 Å². The van der Waals surface area contributed by atoms with Crippen LogP contribution >= 0.6 is 11.8 Å². The van der Waals surface area contributed by atoms with Crippen molar-refractivity contribution >= 4 is 11.8 Å². The summed E-state index contributed by atoms with van der Waals surface area (Å²) in [4.78, 5) is 2.80. The van der Waals surface area contributed by atoms with Crippen LogP contribution in [0.1, 0.15) is 52.4 Å². The van der Waals surface area contributed by atoms with Crippen molar-refractivity contribution in [2.45, 2.75) is 63.7 Å². The normalized spacial score (nSPS) is 22.7. The summed E-state index contributed by atoms with van der Waals surface area (Å²) in [5.74, 6) is 2.15. The van der Waals surface area contributed by atoms with Gasteiger partial charge in [0.25, 0.3) is 0 Å². The molecule has 0 unspecified atom stereocenters. The third-order valence-corrected chi connectivity index (χ3v) is 5.82. The van der Waals surface area contributed by atoms with Gasteiger partial charge >= 0.3 is 0 Å². The Hall–Kier alpha value is 0.270. The quantitative estimate of drug-likeness (QED) is 0.771. The first-order valence-electron chi connectivity index (χ1n) is 8.32. The topological polar surface area (TPSA) is 15.3 Å². The number of nitrogens with zero attached hydrogens (tertiary/aromatic N) is 1. The van der Waals surface area contributed by atoms with E-state index in [2.05, 4.69) is 35.8 Å². The molecule has 0 amide bonds. The van der Waals surface area contributed by atoms with Gasteiger partial charge in [-0.2, -0.15) is 11.8 Å². The highest BCUT2D eigenvalue weighted by Crippen LogP contribution is 2.26. The van der Waals surface area contributed by atoms with Crippen LogP contribution in [0.3, 0.4) is 0 Å². The Morgan fingerprint density at radius 2 is 1.79 bits per heavy atom. The summed E-state index contributed by atoms with van der Waals surface area (Å²) in [7, 11) is 0. The van der Waals surface area contributed by atoms with E-state index in [4.69, 9.17) is 0 Å².